The molecular weight excluding hydrogens is 276 g/mol. The van der Waals surface area contributed by atoms with Gasteiger partial charge in [-0.05, 0) is 25.1 Å². The summed E-state index contributed by atoms with van der Waals surface area (Å²) in [6, 6.07) is 10.2. The number of hydrogen-bond donors (Lipinski definition) is 1. The summed E-state index contributed by atoms with van der Waals surface area (Å²) in [4.78, 5) is 4.20. The molecule has 22 heavy (non-hydrogen) atoms. The summed E-state index contributed by atoms with van der Waals surface area (Å²) >= 11 is 0. The first-order valence-electron chi connectivity index (χ1n) is 7.46. The quantitative estimate of drug-likeness (QED) is 0.731. The van der Waals surface area contributed by atoms with E-state index in [4.69, 9.17) is 10.5 Å². The maximum Gasteiger partial charge on any atom is 0.271 e. The number of pyridine rings is 1. The second-order valence-electron chi connectivity index (χ2n) is 5.17. The van der Waals surface area contributed by atoms with Crippen molar-refractivity contribution >= 4 is 11.0 Å². The number of hydrogen-bond acceptors (Lipinski definition) is 3. The minimum Gasteiger partial charge on any atom is -0.497 e. The minimum atomic E-state index is 0.491. The molecule has 0 unspecified atom stereocenters. The van der Waals surface area contributed by atoms with Crippen LogP contribution < -0.4 is 15.0 Å². The molecule has 0 aliphatic carbocycles. The highest BCUT2D eigenvalue weighted by atomic mass is 16.5. The molecule has 114 valence electrons. The number of fused-ring (bicyclic) bond motifs is 1. The molecule has 0 atom stereocenters. The van der Waals surface area contributed by atoms with Crippen LogP contribution in [0.5, 0.6) is 5.75 Å². The van der Waals surface area contributed by atoms with Crippen LogP contribution in [0.25, 0.3) is 11.0 Å². The average molecular weight is 297 g/mol. The van der Waals surface area contributed by atoms with Crippen molar-refractivity contribution in [1.29, 1.82) is 0 Å². The summed E-state index contributed by atoms with van der Waals surface area (Å²) in [7, 11) is 1.69. The topological polar surface area (TPSA) is 57.0 Å². The van der Waals surface area contributed by atoms with Crippen LogP contribution >= 0.6 is 0 Å². The van der Waals surface area contributed by atoms with Crippen LogP contribution in [0.4, 0.5) is 0 Å². The van der Waals surface area contributed by atoms with Gasteiger partial charge in [0.25, 0.3) is 5.82 Å². The number of imidazole rings is 1. The third-order valence-corrected chi connectivity index (χ3v) is 3.95. The molecule has 0 spiro atoms. The van der Waals surface area contributed by atoms with E-state index < -0.39 is 0 Å². The first-order chi connectivity index (χ1) is 10.8. The Labute approximate surface area is 130 Å². The Bertz CT molecular complexity index is 780. The lowest BCUT2D eigenvalue weighted by atomic mass is 10.2. The van der Waals surface area contributed by atoms with Gasteiger partial charge in [-0.2, -0.15) is 0 Å². The molecule has 1 aromatic carbocycles. The molecule has 0 amide bonds. The molecule has 2 aromatic heterocycles. The maximum absolute atomic E-state index is 6.03. The third kappa shape index (κ3) is 2.44. The molecule has 3 aromatic rings. The number of nitrogens with zero attached hydrogens (tertiary/aromatic N) is 3. The predicted molar refractivity (Wildman–Crippen MR) is 85.6 cm³/mol. The first kappa shape index (κ1) is 14.5. The van der Waals surface area contributed by atoms with Crippen LogP contribution in [0.1, 0.15) is 18.3 Å². The number of benzene rings is 1. The van der Waals surface area contributed by atoms with Gasteiger partial charge >= 0.3 is 0 Å². The van der Waals surface area contributed by atoms with Crippen molar-refractivity contribution in [1.82, 2.24) is 9.55 Å². The van der Waals surface area contributed by atoms with Gasteiger partial charge in [-0.25, -0.2) is 9.13 Å². The van der Waals surface area contributed by atoms with Gasteiger partial charge in [0.15, 0.2) is 11.0 Å². The van der Waals surface area contributed by atoms with Crippen molar-refractivity contribution in [3.8, 4) is 5.75 Å². The fourth-order valence-electron chi connectivity index (χ4n) is 2.92. The Hall–Kier alpha value is -2.40. The highest BCUT2D eigenvalue weighted by molar-refractivity contribution is 5.74. The van der Waals surface area contributed by atoms with E-state index in [0.29, 0.717) is 6.54 Å². The SMILES string of the molecule is CC[n+]1c(CN)n(Cc2cccnc2)c2cc(OC)ccc21. The maximum atomic E-state index is 6.03. The van der Waals surface area contributed by atoms with Crippen molar-refractivity contribution in [3.05, 3.63) is 54.1 Å². The number of ether oxygens (including phenoxy) is 1. The Morgan fingerprint density at radius 3 is 2.82 bits per heavy atom. The van der Waals surface area contributed by atoms with Crippen LogP contribution in [-0.2, 0) is 19.6 Å². The zero-order chi connectivity index (χ0) is 15.5. The van der Waals surface area contributed by atoms with Crippen molar-refractivity contribution in [2.45, 2.75) is 26.6 Å². The molecule has 3 rings (SSSR count). The predicted octanol–water partition coefficient (Wildman–Crippen LogP) is 1.86. The summed E-state index contributed by atoms with van der Waals surface area (Å²) < 4.78 is 9.88. The fraction of sp³-hybridized carbons (Fsp3) is 0.294. The molecule has 0 saturated heterocycles. The molecule has 5 heteroatoms. The zero-order valence-electron chi connectivity index (χ0n) is 13.0. The van der Waals surface area contributed by atoms with Gasteiger partial charge in [-0.3, -0.25) is 4.98 Å². The summed E-state index contributed by atoms with van der Waals surface area (Å²) in [5.41, 5.74) is 9.48. The molecule has 0 radical (unpaired) electrons. The van der Waals surface area contributed by atoms with E-state index in [2.05, 4.69) is 39.2 Å². The molecule has 0 fully saturated rings. The number of rotatable bonds is 5. The molecule has 0 aliphatic rings. The van der Waals surface area contributed by atoms with E-state index >= 15 is 0 Å². The highest BCUT2D eigenvalue weighted by Gasteiger charge is 2.23. The molecule has 2 heterocycles. The van der Waals surface area contributed by atoms with Crippen LogP contribution in [0.15, 0.2) is 42.7 Å². The van der Waals surface area contributed by atoms with E-state index in [1.807, 2.05) is 18.3 Å². The lowest BCUT2D eigenvalue weighted by molar-refractivity contribution is -0.676. The van der Waals surface area contributed by atoms with Crippen LogP contribution in [-0.4, -0.2) is 16.7 Å². The normalized spacial score (nSPS) is 11.0. The van der Waals surface area contributed by atoms with Crippen LogP contribution in [0, 0.1) is 0 Å². The van der Waals surface area contributed by atoms with Gasteiger partial charge < -0.3 is 10.5 Å². The van der Waals surface area contributed by atoms with E-state index in [9.17, 15) is 0 Å². The molecule has 5 nitrogen and oxygen atoms in total. The Morgan fingerprint density at radius 1 is 1.32 bits per heavy atom. The largest absolute Gasteiger partial charge is 0.497 e. The second kappa shape index (κ2) is 6.15. The Balaban J connectivity index is 2.21. The van der Waals surface area contributed by atoms with Crippen LogP contribution in [0.2, 0.25) is 0 Å². The van der Waals surface area contributed by atoms with E-state index in [0.717, 1.165) is 35.7 Å². The van der Waals surface area contributed by atoms with Gasteiger partial charge in [0, 0.05) is 24.0 Å². The molecule has 0 aliphatic heterocycles. The fourth-order valence-corrected chi connectivity index (χ4v) is 2.92. The second-order valence-corrected chi connectivity index (χ2v) is 5.17. The summed E-state index contributed by atoms with van der Waals surface area (Å²) in [5, 5.41) is 0. The number of aromatic nitrogens is 3. The Morgan fingerprint density at radius 2 is 2.18 bits per heavy atom. The third-order valence-electron chi connectivity index (χ3n) is 3.95. The zero-order valence-corrected chi connectivity index (χ0v) is 13.0. The molecular formula is C17H21N4O+. The number of nitrogens with two attached hydrogens (primary N) is 1. The van der Waals surface area contributed by atoms with E-state index in [1.165, 1.54) is 5.52 Å². The van der Waals surface area contributed by atoms with Crippen LogP contribution in [0.3, 0.4) is 0 Å². The number of methoxy groups -OCH3 is 1. The minimum absolute atomic E-state index is 0.491. The van der Waals surface area contributed by atoms with Gasteiger partial charge in [-0.15, -0.1) is 0 Å². The van der Waals surface area contributed by atoms with Gasteiger partial charge in [0.05, 0.1) is 20.2 Å². The van der Waals surface area contributed by atoms with Crippen molar-refractivity contribution in [2.24, 2.45) is 5.73 Å². The van der Waals surface area contributed by atoms with Gasteiger partial charge in [0.1, 0.15) is 12.3 Å². The van der Waals surface area contributed by atoms with Crippen molar-refractivity contribution in [2.75, 3.05) is 7.11 Å². The Kier molecular flexibility index (Phi) is 4.06. The highest BCUT2D eigenvalue weighted by Crippen LogP contribution is 2.22. The average Bonchev–Trinajstić information content (AvgIpc) is 2.87. The van der Waals surface area contributed by atoms with Gasteiger partial charge in [0.2, 0.25) is 0 Å². The van der Waals surface area contributed by atoms with E-state index in [-0.39, 0.29) is 0 Å². The summed E-state index contributed by atoms with van der Waals surface area (Å²) in [5.74, 6) is 1.96. The molecule has 0 bridgehead atoms. The first-order valence-corrected chi connectivity index (χ1v) is 7.46. The van der Waals surface area contributed by atoms with Crippen molar-refractivity contribution < 1.29 is 9.30 Å². The standard InChI is InChI=1S/C17H21N4O/c1-3-20-15-7-6-14(22-2)9-16(15)21(17(20)10-18)12-13-5-4-8-19-11-13/h4-9,11H,3,10,12,18H2,1-2H3/q+1. The monoisotopic (exact) mass is 297 g/mol. The summed E-state index contributed by atoms with van der Waals surface area (Å²) in [6.45, 7) is 4.26. The lowest BCUT2D eigenvalue weighted by Crippen LogP contribution is -2.38. The van der Waals surface area contributed by atoms with Gasteiger partial charge in [-0.1, -0.05) is 6.07 Å². The molecule has 2 N–H and O–H groups in total. The smallest absolute Gasteiger partial charge is 0.271 e. The van der Waals surface area contributed by atoms with Crippen molar-refractivity contribution in [3.63, 3.8) is 0 Å². The van der Waals surface area contributed by atoms with E-state index in [1.54, 1.807) is 13.3 Å². The number of aryl methyl sites for hydroxylation is 1. The summed E-state index contributed by atoms with van der Waals surface area (Å²) in [6.07, 6.45) is 3.68. The molecule has 0 saturated carbocycles. The lowest BCUT2D eigenvalue weighted by Gasteiger charge is -2.03.